The van der Waals surface area contributed by atoms with Gasteiger partial charge in [-0.3, -0.25) is 4.79 Å². The highest BCUT2D eigenvalue weighted by Gasteiger charge is 2.47. The van der Waals surface area contributed by atoms with Gasteiger partial charge in [-0.2, -0.15) is 0 Å². The lowest BCUT2D eigenvalue weighted by molar-refractivity contribution is -0.140. The minimum absolute atomic E-state index is 0.106. The van der Waals surface area contributed by atoms with E-state index in [9.17, 15) is 4.79 Å². The predicted octanol–water partition coefficient (Wildman–Crippen LogP) is 1.72. The first kappa shape index (κ1) is 8.05. The van der Waals surface area contributed by atoms with Gasteiger partial charge in [-0.15, -0.1) is 0 Å². The number of halogens is 1. The summed E-state index contributed by atoms with van der Waals surface area (Å²) in [5.74, 6) is -0.153. The van der Waals surface area contributed by atoms with E-state index in [1.165, 1.54) is 7.11 Å². The van der Waals surface area contributed by atoms with Gasteiger partial charge in [0.1, 0.15) is 4.83 Å². The van der Waals surface area contributed by atoms with Crippen molar-refractivity contribution < 1.29 is 9.53 Å². The van der Waals surface area contributed by atoms with Crippen LogP contribution in [0.2, 0.25) is 0 Å². The molecule has 0 amide bonds. The Bertz CT molecular complexity index is 152. The smallest absolute Gasteiger partial charge is 0.320 e. The Balaban J connectivity index is 2.48. The SMILES string of the molecule is COC(=O)C(Br)C1(C)CC1. The Hall–Kier alpha value is -0.0500. The molecule has 2 nitrogen and oxygen atoms in total. The zero-order valence-electron chi connectivity index (χ0n) is 6.19. The number of methoxy groups -OCH3 is 1. The van der Waals surface area contributed by atoms with E-state index in [2.05, 4.69) is 27.6 Å². The zero-order valence-corrected chi connectivity index (χ0v) is 7.77. The number of esters is 1. The molecular formula is C7H11BrO2. The summed E-state index contributed by atoms with van der Waals surface area (Å²) in [7, 11) is 1.42. The maximum atomic E-state index is 10.9. The van der Waals surface area contributed by atoms with E-state index in [1.54, 1.807) is 0 Å². The Morgan fingerprint density at radius 3 is 2.50 bits per heavy atom. The van der Waals surface area contributed by atoms with Crippen LogP contribution in [-0.4, -0.2) is 17.9 Å². The van der Waals surface area contributed by atoms with Gasteiger partial charge < -0.3 is 4.74 Å². The van der Waals surface area contributed by atoms with Crippen LogP contribution in [0, 0.1) is 5.41 Å². The lowest BCUT2D eigenvalue weighted by atomic mass is 10.1. The highest BCUT2D eigenvalue weighted by atomic mass is 79.9. The molecule has 0 aromatic heterocycles. The molecular weight excluding hydrogens is 196 g/mol. The van der Waals surface area contributed by atoms with Gasteiger partial charge in [-0.1, -0.05) is 22.9 Å². The summed E-state index contributed by atoms with van der Waals surface area (Å²) in [6.07, 6.45) is 2.25. The van der Waals surface area contributed by atoms with Crippen molar-refractivity contribution >= 4 is 21.9 Å². The van der Waals surface area contributed by atoms with Gasteiger partial charge in [0.15, 0.2) is 0 Å². The molecule has 1 aliphatic carbocycles. The summed E-state index contributed by atoms with van der Waals surface area (Å²) in [6.45, 7) is 2.09. The topological polar surface area (TPSA) is 26.3 Å². The molecule has 10 heavy (non-hydrogen) atoms. The molecule has 0 aliphatic heterocycles. The summed E-state index contributed by atoms with van der Waals surface area (Å²) in [4.78, 5) is 10.8. The number of rotatable bonds is 2. The zero-order chi connectivity index (χ0) is 7.78. The van der Waals surface area contributed by atoms with Crippen LogP contribution in [0.4, 0.5) is 0 Å². The normalized spacial score (nSPS) is 23.5. The molecule has 3 heteroatoms. The van der Waals surface area contributed by atoms with Crippen molar-refractivity contribution in [2.45, 2.75) is 24.6 Å². The van der Waals surface area contributed by atoms with Crippen molar-refractivity contribution in [3.8, 4) is 0 Å². The van der Waals surface area contributed by atoms with Crippen molar-refractivity contribution in [3.63, 3.8) is 0 Å². The summed E-state index contributed by atoms with van der Waals surface area (Å²) < 4.78 is 4.59. The molecule has 1 rings (SSSR count). The second-order valence-corrected chi connectivity index (χ2v) is 3.96. The number of hydrogen-bond acceptors (Lipinski definition) is 2. The lowest BCUT2D eigenvalue weighted by Crippen LogP contribution is -2.24. The van der Waals surface area contributed by atoms with Crippen molar-refractivity contribution in [2.24, 2.45) is 5.41 Å². The highest BCUT2D eigenvalue weighted by molar-refractivity contribution is 9.10. The molecule has 1 fully saturated rings. The van der Waals surface area contributed by atoms with Crippen molar-refractivity contribution in [1.82, 2.24) is 0 Å². The third-order valence-electron chi connectivity index (χ3n) is 2.06. The maximum Gasteiger partial charge on any atom is 0.320 e. The molecule has 0 bridgehead atoms. The van der Waals surface area contributed by atoms with Crippen LogP contribution in [-0.2, 0) is 9.53 Å². The molecule has 0 aromatic rings. The number of ether oxygens (including phenoxy) is 1. The molecule has 0 aromatic carbocycles. The number of carbonyl (C=O) groups is 1. The summed E-state index contributed by atoms with van der Waals surface area (Å²) in [5, 5.41) is 0. The van der Waals surface area contributed by atoms with E-state index < -0.39 is 0 Å². The Morgan fingerprint density at radius 1 is 1.70 bits per heavy atom. The molecule has 0 saturated heterocycles. The summed E-state index contributed by atoms with van der Waals surface area (Å²) in [5.41, 5.74) is 0.174. The van der Waals surface area contributed by atoms with E-state index in [1.807, 2.05) is 0 Å². The molecule has 58 valence electrons. The number of alkyl halides is 1. The third-order valence-corrected chi connectivity index (χ3v) is 3.54. The van der Waals surface area contributed by atoms with Crippen LogP contribution >= 0.6 is 15.9 Å². The van der Waals surface area contributed by atoms with Crippen LogP contribution < -0.4 is 0 Å². The molecule has 1 aliphatic rings. The van der Waals surface area contributed by atoms with Crippen LogP contribution in [0.15, 0.2) is 0 Å². The van der Waals surface area contributed by atoms with Gasteiger partial charge in [0.05, 0.1) is 7.11 Å². The molecule has 1 atom stereocenters. The first-order valence-electron chi connectivity index (χ1n) is 3.32. The Kier molecular flexibility index (Phi) is 2.04. The maximum absolute atomic E-state index is 10.9. The van der Waals surface area contributed by atoms with E-state index >= 15 is 0 Å². The average molecular weight is 207 g/mol. The summed E-state index contributed by atoms with van der Waals surface area (Å²) >= 11 is 3.31. The fraction of sp³-hybridized carbons (Fsp3) is 0.857. The minimum atomic E-state index is -0.153. The van der Waals surface area contributed by atoms with Crippen molar-refractivity contribution in [1.29, 1.82) is 0 Å². The van der Waals surface area contributed by atoms with Gasteiger partial charge >= 0.3 is 5.97 Å². The van der Waals surface area contributed by atoms with Gasteiger partial charge in [0.2, 0.25) is 0 Å². The standard InChI is InChI=1S/C7H11BrO2/c1-7(3-4-7)5(8)6(9)10-2/h5H,3-4H2,1-2H3. The fourth-order valence-electron chi connectivity index (χ4n) is 0.839. The van der Waals surface area contributed by atoms with Crippen LogP contribution in [0.25, 0.3) is 0 Å². The van der Waals surface area contributed by atoms with Gasteiger partial charge in [-0.25, -0.2) is 0 Å². The van der Waals surface area contributed by atoms with Crippen LogP contribution in [0.1, 0.15) is 19.8 Å². The Morgan fingerprint density at radius 2 is 2.20 bits per heavy atom. The van der Waals surface area contributed by atoms with E-state index in [0.29, 0.717) is 0 Å². The molecule has 1 saturated carbocycles. The predicted molar refractivity (Wildman–Crippen MR) is 42.1 cm³/mol. The average Bonchev–Trinajstić information content (AvgIpc) is 2.66. The second-order valence-electron chi connectivity index (χ2n) is 3.04. The summed E-state index contributed by atoms with van der Waals surface area (Å²) in [6, 6.07) is 0. The molecule has 0 radical (unpaired) electrons. The monoisotopic (exact) mass is 206 g/mol. The van der Waals surface area contributed by atoms with Gasteiger partial charge in [0.25, 0.3) is 0 Å². The minimum Gasteiger partial charge on any atom is -0.468 e. The largest absolute Gasteiger partial charge is 0.468 e. The molecule has 0 N–H and O–H groups in total. The van der Waals surface area contributed by atoms with E-state index in [0.717, 1.165) is 12.8 Å². The fourth-order valence-corrected chi connectivity index (χ4v) is 1.48. The molecule has 0 heterocycles. The highest BCUT2D eigenvalue weighted by Crippen LogP contribution is 2.51. The second kappa shape index (κ2) is 2.53. The van der Waals surface area contributed by atoms with Crippen molar-refractivity contribution in [2.75, 3.05) is 7.11 Å². The van der Waals surface area contributed by atoms with E-state index in [4.69, 9.17) is 0 Å². The molecule has 1 unspecified atom stereocenters. The van der Waals surface area contributed by atoms with Gasteiger partial charge in [-0.05, 0) is 18.3 Å². The Labute approximate surface area is 69.1 Å². The van der Waals surface area contributed by atoms with Crippen molar-refractivity contribution in [3.05, 3.63) is 0 Å². The molecule has 0 spiro atoms. The van der Waals surface area contributed by atoms with E-state index in [-0.39, 0.29) is 16.2 Å². The van der Waals surface area contributed by atoms with Gasteiger partial charge in [0, 0.05) is 0 Å². The first-order valence-corrected chi connectivity index (χ1v) is 4.23. The lowest BCUT2D eigenvalue weighted by Gasteiger charge is -2.13. The number of hydrogen-bond donors (Lipinski definition) is 0. The quantitative estimate of drug-likeness (QED) is 0.509. The van der Waals surface area contributed by atoms with Crippen LogP contribution in [0.5, 0.6) is 0 Å². The van der Waals surface area contributed by atoms with Crippen LogP contribution in [0.3, 0.4) is 0 Å². The first-order chi connectivity index (χ1) is 4.60. The number of carbonyl (C=O) groups excluding carboxylic acids is 1. The third kappa shape index (κ3) is 1.34.